The standard InChI is InChI=1S/C26H35N5O2/c1-16-11-19(15-26(6,7)14-16)27-23(32)18-9-8-10-20(12-18)31-22(25(3,4)5)13-21(30-31)24-29-28-17(2)33-24/h8-10,12-13,16,19H,11,14-15H2,1-7H3,(H,27,32)/t16-,19+/m0/s1. The van der Waals surface area contributed by atoms with Gasteiger partial charge in [-0.05, 0) is 54.9 Å². The average Bonchev–Trinajstić information content (AvgIpc) is 3.32. The molecule has 0 aliphatic heterocycles. The van der Waals surface area contributed by atoms with Crippen LogP contribution in [0.2, 0.25) is 0 Å². The summed E-state index contributed by atoms with van der Waals surface area (Å²) in [5, 5.41) is 16.1. The highest BCUT2D eigenvalue weighted by Crippen LogP contribution is 2.38. The lowest BCUT2D eigenvalue weighted by Crippen LogP contribution is -2.43. The predicted molar refractivity (Wildman–Crippen MR) is 128 cm³/mol. The molecule has 2 atom stereocenters. The van der Waals surface area contributed by atoms with Crippen LogP contribution in [-0.2, 0) is 5.41 Å². The van der Waals surface area contributed by atoms with Gasteiger partial charge in [-0.15, -0.1) is 10.2 Å². The minimum atomic E-state index is -0.178. The zero-order chi connectivity index (χ0) is 24.0. The number of nitrogens with zero attached hydrogens (tertiary/aromatic N) is 4. The lowest BCUT2D eigenvalue weighted by Gasteiger charge is -2.39. The van der Waals surface area contributed by atoms with Gasteiger partial charge >= 0.3 is 0 Å². The number of carbonyl (C=O) groups excluding carboxylic acids is 1. The SMILES string of the molecule is Cc1nnc(-c2cc(C(C)(C)C)n(-c3cccc(C(=O)N[C@@H]4C[C@H](C)CC(C)(C)C4)c3)n2)o1. The maximum Gasteiger partial charge on any atom is 0.268 e. The zero-order valence-corrected chi connectivity index (χ0v) is 20.8. The third-order valence-corrected chi connectivity index (χ3v) is 6.30. The molecule has 0 unspecified atom stereocenters. The summed E-state index contributed by atoms with van der Waals surface area (Å²) in [6.45, 7) is 15.0. The molecule has 0 bridgehead atoms. The monoisotopic (exact) mass is 449 g/mol. The van der Waals surface area contributed by atoms with Crippen molar-refractivity contribution in [2.24, 2.45) is 11.3 Å². The Morgan fingerprint density at radius 2 is 1.94 bits per heavy atom. The van der Waals surface area contributed by atoms with Crippen LogP contribution < -0.4 is 5.32 Å². The van der Waals surface area contributed by atoms with Gasteiger partial charge in [-0.25, -0.2) is 4.68 Å². The van der Waals surface area contributed by atoms with E-state index >= 15 is 0 Å². The first kappa shape index (κ1) is 23.2. The van der Waals surface area contributed by atoms with Crippen LogP contribution in [0.3, 0.4) is 0 Å². The molecule has 7 nitrogen and oxygen atoms in total. The first-order chi connectivity index (χ1) is 15.4. The number of hydrogen-bond acceptors (Lipinski definition) is 5. The summed E-state index contributed by atoms with van der Waals surface area (Å²) in [5.74, 6) is 1.45. The number of aromatic nitrogens is 4. The molecule has 1 fully saturated rings. The summed E-state index contributed by atoms with van der Waals surface area (Å²) in [6, 6.07) is 9.81. The van der Waals surface area contributed by atoms with Crippen molar-refractivity contribution in [3.63, 3.8) is 0 Å². The van der Waals surface area contributed by atoms with Crippen LogP contribution in [0.4, 0.5) is 0 Å². The molecule has 1 aromatic carbocycles. The third kappa shape index (κ3) is 5.18. The van der Waals surface area contributed by atoms with Crippen molar-refractivity contribution in [3.05, 3.63) is 47.5 Å². The van der Waals surface area contributed by atoms with Crippen molar-refractivity contribution in [2.45, 2.75) is 79.2 Å². The molecule has 1 amide bonds. The summed E-state index contributed by atoms with van der Waals surface area (Å²) in [7, 11) is 0. The van der Waals surface area contributed by atoms with Gasteiger partial charge in [0.25, 0.3) is 11.8 Å². The van der Waals surface area contributed by atoms with E-state index in [1.807, 2.05) is 35.0 Å². The molecule has 33 heavy (non-hydrogen) atoms. The van der Waals surface area contributed by atoms with Crippen molar-refractivity contribution in [3.8, 4) is 17.3 Å². The Morgan fingerprint density at radius 3 is 2.58 bits per heavy atom. The number of nitrogens with one attached hydrogen (secondary N) is 1. The Balaban J connectivity index is 1.63. The summed E-state index contributed by atoms with van der Waals surface area (Å²) in [4.78, 5) is 13.2. The lowest BCUT2D eigenvalue weighted by atomic mass is 9.70. The molecular formula is C26H35N5O2. The Morgan fingerprint density at radius 1 is 1.18 bits per heavy atom. The van der Waals surface area contributed by atoms with Gasteiger partial charge in [-0.3, -0.25) is 4.79 Å². The second-order valence-electron chi connectivity index (χ2n) is 11.3. The number of rotatable bonds is 4. The van der Waals surface area contributed by atoms with Gasteiger partial charge in [-0.2, -0.15) is 5.10 Å². The zero-order valence-electron chi connectivity index (χ0n) is 20.8. The number of benzene rings is 1. The molecular weight excluding hydrogens is 414 g/mol. The van der Waals surface area contributed by atoms with Crippen LogP contribution in [0.5, 0.6) is 0 Å². The Bertz CT molecular complexity index is 1150. The van der Waals surface area contributed by atoms with Crippen LogP contribution in [0.15, 0.2) is 34.7 Å². The molecule has 1 N–H and O–H groups in total. The molecule has 4 rings (SSSR count). The minimum Gasteiger partial charge on any atom is -0.420 e. The fourth-order valence-corrected chi connectivity index (χ4v) is 5.12. The van der Waals surface area contributed by atoms with Gasteiger partial charge in [0, 0.05) is 23.9 Å². The van der Waals surface area contributed by atoms with E-state index < -0.39 is 0 Å². The average molecular weight is 450 g/mol. The minimum absolute atomic E-state index is 0.0380. The van der Waals surface area contributed by atoms with Crippen LogP contribution in [-0.4, -0.2) is 31.9 Å². The number of aryl methyl sites for hydroxylation is 1. The Kier molecular flexibility index (Phi) is 5.93. The molecule has 1 aliphatic rings. The van der Waals surface area contributed by atoms with Crippen molar-refractivity contribution in [1.82, 2.24) is 25.3 Å². The normalized spacial score (nSPS) is 20.6. The van der Waals surface area contributed by atoms with E-state index in [1.165, 1.54) is 6.42 Å². The molecule has 3 aromatic rings. The lowest BCUT2D eigenvalue weighted by molar-refractivity contribution is 0.0874. The molecule has 176 valence electrons. The maximum absolute atomic E-state index is 13.2. The van der Waals surface area contributed by atoms with Crippen LogP contribution in [0.1, 0.15) is 82.7 Å². The summed E-state index contributed by atoms with van der Waals surface area (Å²) in [6.07, 6.45) is 3.23. The van der Waals surface area contributed by atoms with Gasteiger partial charge in [0.1, 0.15) is 5.69 Å². The summed E-state index contributed by atoms with van der Waals surface area (Å²) >= 11 is 0. The molecule has 0 saturated heterocycles. The van der Waals surface area contributed by atoms with E-state index in [4.69, 9.17) is 9.52 Å². The van der Waals surface area contributed by atoms with E-state index in [9.17, 15) is 4.79 Å². The molecule has 1 aliphatic carbocycles. The molecule has 0 spiro atoms. The van der Waals surface area contributed by atoms with Gasteiger partial charge in [0.2, 0.25) is 5.89 Å². The van der Waals surface area contributed by atoms with E-state index in [0.717, 1.165) is 24.2 Å². The largest absolute Gasteiger partial charge is 0.420 e. The fraction of sp³-hybridized carbons (Fsp3) is 0.538. The van der Waals surface area contributed by atoms with Crippen LogP contribution >= 0.6 is 0 Å². The molecule has 2 aromatic heterocycles. The summed E-state index contributed by atoms with van der Waals surface area (Å²) in [5.41, 5.74) is 3.14. The first-order valence-electron chi connectivity index (χ1n) is 11.7. The highest BCUT2D eigenvalue weighted by atomic mass is 16.4. The Labute approximate surface area is 196 Å². The molecule has 2 heterocycles. The highest BCUT2D eigenvalue weighted by Gasteiger charge is 2.33. The maximum atomic E-state index is 13.2. The van der Waals surface area contributed by atoms with E-state index in [1.54, 1.807) is 6.92 Å². The van der Waals surface area contributed by atoms with Gasteiger partial charge in [0.15, 0.2) is 0 Å². The number of carbonyl (C=O) groups is 1. The molecule has 7 heteroatoms. The third-order valence-electron chi connectivity index (χ3n) is 6.30. The predicted octanol–water partition coefficient (Wildman–Crippen LogP) is 5.47. The molecule has 1 saturated carbocycles. The first-order valence-corrected chi connectivity index (χ1v) is 11.7. The second-order valence-corrected chi connectivity index (χ2v) is 11.3. The second kappa shape index (κ2) is 8.43. The Hall–Kier alpha value is -2.96. The fourth-order valence-electron chi connectivity index (χ4n) is 5.12. The van der Waals surface area contributed by atoms with E-state index in [2.05, 4.69) is 57.1 Å². The quantitative estimate of drug-likeness (QED) is 0.570. The highest BCUT2D eigenvalue weighted by molar-refractivity contribution is 5.95. The molecule has 0 radical (unpaired) electrons. The van der Waals surface area contributed by atoms with E-state index in [-0.39, 0.29) is 22.8 Å². The van der Waals surface area contributed by atoms with Crippen LogP contribution in [0.25, 0.3) is 17.3 Å². The van der Waals surface area contributed by atoms with Crippen molar-refractivity contribution >= 4 is 5.91 Å². The number of amides is 1. The van der Waals surface area contributed by atoms with E-state index in [0.29, 0.717) is 29.0 Å². The van der Waals surface area contributed by atoms with Crippen molar-refractivity contribution in [1.29, 1.82) is 0 Å². The van der Waals surface area contributed by atoms with Gasteiger partial charge in [0.05, 0.1) is 11.4 Å². The van der Waals surface area contributed by atoms with Crippen molar-refractivity contribution in [2.75, 3.05) is 0 Å². The topological polar surface area (TPSA) is 85.8 Å². The van der Waals surface area contributed by atoms with Crippen molar-refractivity contribution < 1.29 is 9.21 Å². The van der Waals surface area contributed by atoms with Gasteiger partial charge in [-0.1, -0.05) is 47.6 Å². The summed E-state index contributed by atoms with van der Waals surface area (Å²) < 4.78 is 7.47. The van der Waals surface area contributed by atoms with Gasteiger partial charge < -0.3 is 9.73 Å². The van der Waals surface area contributed by atoms with Crippen LogP contribution in [0, 0.1) is 18.3 Å². The number of hydrogen-bond donors (Lipinski definition) is 1. The smallest absolute Gasteiger partial charge is 0.268 e.